The van der Waals surface area contributed by atoms with E-state index in [1.165, 1.54) is 10.4 Å². The van der Waals surface area contributed by atoms with Gasteiger partial charge in [-0.2, -0.15) is 17.5 Å². The molecule has 43 heavy (non-hydrogen) atoms. The summed E-state index contributed by atoms with van der Waals surface area (Å²) in [5.41, 5.74) is 6.58. The van der Waals surface area contributed by atoms with Crippen LogP contribution in [0.4, 0.5) is 13.2 Å². The lowest BCUT2D eigenvalue weighted by Crippen LogP contribution is -2.38. The second-order valence-corrected chi connectivity index (χ2v) is 13.5. The molecule has 9 nitrogen and oxygen atoms in total. The minimum absolute atomic E-state index is 0.0571. The summed E-state index contributed by atoms with van der Waals surface area (Å²) < 4.78 is 77.6. The van der Waals surface area contributed by atoms with E-state index < -0.39 is 39.2 Å². The van der Waals surface area contributed by atoms with Crippen molar-refractivity contribution in [2.45, 2.75) is 84.3 Å². The molecule has 13 heteroatoms. The van der Waals surface area contributed by atoms with E-state index in [-0.39, 0.29) is 30.5 Å². The fourth-order valence-corrected chi connectivity index (χ4v) is 7.01. The van der Waals surface area contributed by atoms with Crippen molar-refractivity contribution in [3.05, 3.63) is 76.1 Å². The van der Waals surface area contributed by atoms with Crippen LogP contribution in [0.15, 0.2) is 47.5 Å². The fourth-order valence-electron chi connectivity index (χ4n) is 5.26. The van der Waals surface area contributed by atoms with Crippen molar-refractivity contribution in [2.75, 3.05) is 6.54 Å². The van der Waals surface area contributed by atoms with E-state index in [1.807, 2.05) is 26.8 Å². The molecule has 3 aromatic rings. The van der Waals surface area contributed by atoms with Crippen molar-refractivity contribution in [3.63, 3.8) is 0 Å². The van der Waals surface area contributed by atoms with Gasteiger partial charge in [-0.1, -0.05) is 42.8 Å². The topological polar surface area (TPSA) is 120 Å². The Morgan fingerprint density at radius 3 is 2.49 bits per heavy atom. The van der Waals surface area contributed by atoms with Crippen molar-refractivity contribution < 1.29 is 31.1 Å². The summed E-state index contributed by atoms with van der Waals surface area (Å²) in [5.74, 6) is -0.674. The molecule has 4 rings (SSSR count). The van der Waals surface area contributed by atoms with Crippen molar-refractivity contribution in [3.8, 4) is 0 Å². The molecule has 2 heterocycles. The van der Waals surface area contributed by atoms with Crippen LogP contribution in [0.3, 0.4) is 0 Å². The molecule has 2 atom stereocenters. The van der Waals surface area contributed by atoms with Gasteiger partial charge in [0.05, 0.1) is 34.8 Å². The summed E-state index contributed by atoms with van der Waals surface area (Å²) >= 11 is 0. The van der Waals surface area contributed by atoms with E-state index in [9.17, 15) is 26.4 Å². The Labute approximate surface area is 250 Å². The lowest BCUT2D eigenvalue weighted by atomic mass is 9.81. The van der Waals surface area contributed by atoms with Gasteiger partial charge in [0.15, 0.2) is 0 Å². The quantitative estimate of drug-likeness (QED) is 0.334. The molecule has 1 aromatic heterocycles. The Bertz CT molecular complexity index is 1590. The summed E-state index contributed by atoms with van der Waals surface area (Å²) in [7, 11) is -4.27. The second kappa shape index (κ2) is 12.4. The Morgan fingerprint density at radius 2 is 1.88 bits per heavy atom. The summed E-state index contributed by atoms with van der Waals surface area (Å²) in [5, 5.41) is 8.11. The van der Waals surface area contributed by atoms with Crippen molar-refractivity contribution in [1.82, 2.24) is 19.3 Å². The molecule has 0 spiro atoms. The normalized spacial score (nSPS) is 18.2. The van der Waals surface area contributed by atoms with E-state index in [2.05, 4.69) is 10.3 Å². The summed E-state index contributed by atoms with van der Waals surface area (Å²) in [4.78, 5) is 12.2. The lowest BCUT2D eigenvalue weighted by molar-refractivity contribution is -0.138. The van der Waals surface area contributed by atoms with Crippen molar-refractivity contribution in [1.29, 1.82) is 0 Å². The standard InChI is InChI=1S/C30H38F3N5O4S/c1-6-20-12-21-10-11-24(30(31,32)33)14-26(21)43(40,41)38(15-20)16-23-13-22(9-8-19(23)3)27(29(4,5)28(34)39)42-18-25-17-37(7-2)36-35-25/h8-11,13-14,17,20,27H,6-7,12,15-16,18H2,1-5H3,(H2,34,39)/t20-,27?/m0/s1. The van der Waals surface area contributed by atoms with Gasteiger partial charge in [-0.15, -0.1) is 5.10 Å². The first kappa shape index (κ1) is 32.6. The van der Waals surface area contributed by atoms with Crippen LogP contribution in [0.1, 0.15) is 73.7 Å². The average Bonchev–Trinajstić information content (AvgIpc) is 3.37. The van der Waals surface area contributed by atoms with Gasteiger partial charge in [-0.25, -0.2) is 8.42 Å². The van der Waals surface area contributed by atoms with Gasteiger partial charge in [-0.05, 0) is 74.4 Å². The number of carbonyl (C=O) groups excluding carboxylic acids is 1. The lowest BCUT2D eigenvalue weighted by Gasteiger charge is -2.32. The van der Waals surface area contributed by atoms with E-state index in [4.69, 9.17) is 10.5 Å². The number of carbonyl (C=O) groups is 1. The van der Waals surface area contributed by atoms with Crippen LogP contribution >= 0.6 is 0 Å². The van der Waals surface area contributed by atoms with Crippen LogP contribution in [0.2, 0.25) is 0 Å². The molecule has 0 aliphatic carbocycles. The number of aryl methyl sites for hydroxylation is 2. The second-order valence-electron chi connectivity index (χ2n) is 11.6. The third kappa shape index (κ3) is 6.94. The predicted molar refractivity (Wildman–Crippen MR) is 154 cm³/mol. The maximum Gasteiger partial charge on any atom is 0.416 e. The van der Waals surface area contributed by atoms with Crippen LogP contribution in [-0.2, 0) is 51.8 Å². The SMILES string of the molecule is CC[C@H]1Cc2ccc(C(F)(F)F)cc2S(=O)(=O)N(Cc2cc(C(OCc3cn(CC)nn3)C(C)(C)C(N)=O)ccc2C)C1. The maximum atomic E-state index is 13.9. The number of sulfonamides is 1. The highest BCUT2D eigenvalue weighted by Crippen LogP contribution is 2.39. The van der Waals surface area contributed by atoms with Crippen LogP contribution in [-0.4, -0.2) is 40.2 Å². The van der Waals surface area contributed by atoms with Crippen LogP contribution in [0.5, 0.6) is 0 Å². The van der Waals surface area contributed by atoms with E-state index >= 15 is 0 Å². The van der Waals surface area contributed by atoms with E-state index in [0.29, 0.717) is 41.8 Å². The molecule has 2 aromatic carbocycles. The maximum absolute atomic E-state index is 13.9. The Kier molecular flexibility index (Phi) is 9.38. The van der Waals surface area contributed by atoms with Crippen LogP contribution in [0.25, 0.3) is 0 Å². The zero-order valence-electron chi connectivity index (χ0n) is 25.0. The number of nitrogens with zero attached hydrogens (tertiary/aromatic N) is 4. The highest BCUT2D eigenvalue weighted by molar-refractivity contribution is 7.89. The number of primary amides is 1. The average molecular weight is 622 g/mol. The molecular formula is C30H38F3N5O4S. The molecule has 1 aliphatic rings. The molecule has 2 N–H and O–H groups in total. The first-order chi connectivity index (χ1) is 20.1. The number of hydrogen-bond acceptors (Lipinski definition) is 6. The third-order valence-corrected chi connectivity index (χ3v) is 10.1. The Hall–Kier alpha value is -3.29. The molecule has 0 saturated carbocycles. The number of ether oxygens (including phenoxy) is 1. The zero-order valence-corrected chi connectivity index (χ0v) is 25.8. The van der Waals surface area contributed by atoms with Gasteiger partial charge in [0, 0.05) is 19.6 Å². The monoisotopic (exact) mass is 621 g/mol. The molecular weight excluding hydrogens is 583 g/mol. The van der Waals surface area contributed by atoms with Crippen molar-refractivity contribution in [2.24, 2.45) is 17.1 Å². The Morgan fingerprint density at radius 1 is 1.16 bits per heavy atom. The number of nitrogens with two attached hydrogens (primary N) is 1. The van der Waals surface area contributed by atoms with E-state index in [0.717, 1.165) is 17.7 Å². The highest BCUT2D eigenvalue weighted by atomic mass is 32.2. The molecule has 0 fully saturated rings. The van der Waals surface area contributed by atoms with Crippen LogP contribution in [0, 0.1) is 18.3 Å². The molecule has 1 unspecified atom stereocenters. The van der Waals surface area contributed by atoms with E-state index in [1.54, 1.807) is 36.9 Å². The number of aromatic nitrogens is 3. The minimum atomic E-state index is -4.68. The van der Waals surface area contributed by atoms with Gasteiger partial charge in [0.25, 0.3) is 0 Å². The first-order valence-corrected chi connectivity index (χ1v) is 15.6. The number of fused-ring (bicyclic) bond motifs is 1. The van der Waals surface area contributed by atoms with Crippen molar-refractivity contribution >= 4 is 15.9 Å². The molecule has 0 radical (unpaired) electrons. The van der Waals surface area contributed by atoms with Gasteiger partial charge >= 0.3 is 6.18 Å². The molecule has 1 aliphatic heterocycles. The minimum Gasteiger partial charge on any atom is -0.369 e. The fraction of sp³-hybridized carbons (Fsp3) is 0.500. The van der Waals surface area contributed by atoms with Gasteiger partial charge in [0.2, 0.25) is 15.9 Å². The van der Waals surface area contributed by atoms with Gasteiger partial charge in [0.1, 0.15) is 5.69 Å². The summed E-state index contributed by atoms with van der Waals surface area (Å²) in [6, 6.07) is 8.35. The zero-order chi connectivity index (χ0) is 31.7. The molecule has 234 valence electrons. The largest absolute Gasteiger partial charge is 0.416 e. The summed E-state index contributed by atoms with van der Waals surface area (Å²) in [6.07, 6.45) is -2.74. The first-order valence-electron chi connectivity index (χ1n) is 14.2. The smallest absolute Gasteiger partial charge is 0.369 e. The number of amides is 1. The number of rotatable bonds is 10. The number of hydrogen-bond donors (Lipinski definition) is 1. The predicted octanol–water partition coefficient (Wildman–Crippen LogP) is 5.17. The Balaban J connectivity index is 1.72. The highest BCUT2D eigenvalue weighted by Gasteiger charge is 2.39. The van der Waals surface area contributed by atoms with Gasteiger partial charge < -0.3 is 10.5 Å². The number of benzene rings is 2. The summed E-state index contributed by atoms with van der Waals surface area (Å²) in [6.45, 7) is 9.80. The van der Waals surface area contributed by atoms with Gasteiger partial charge in [-0.3, -0.25) is 9.48 Å². The molecule has 1 amide bonds. The molecule has 0 bridgehead atoms. The molecule has 0 saturated heterocycles. The number of halogens is 3. The van der Waals surface area contributed by atoms with Crippen LogP contribution < -0.4 is 5.73 Å². The third-order valence-electron chi connectivity index (χ3n) is 8.18. The number of alkyl halides is 3.